The van der Waals surface area contributed by atoms with Crippen molar-refractivity contribution < 1.29 is 4.79 Å². The van der Waals surface area contributed by atoms with E-state index in [0.29, 0.717) is 6.54 Å². The lowest BCUT2D eigenvalue weighted by atomic mass is 10.2. The predicted octanol–water partition coefficient (Wildman–Crippen LogP) is 1.87. The highest BCUT2D eigenvalue weighted by molar-refractivity contribution is 5.74. The van der Waals surface area contributed by atoms with Crippen molar-refractivity contribution in [2.45, 2.75) is 6.54 Å². The zero-order valence-electron chi connectivity index (χ0n) is 17.1. The molecule has 0 unspecified atom stereocenters. The van der Waals surface area contributed by atoms with E-state index in [-0.39, 0.29) is 6.03 Å². The quantitative estimate of drug-likeness (QED) is 0.858. The Kier molecular flexibility index (Phi) is 6.14. The van der Waals surface area contributed by atoms with Crippen molar-refractivity contribution in [2.75, 3.05) is 69.2 Å². The Balaban J connectivity index is 1.25. The van der Waals surface area contributed by atoms with Crippen LogP contribution in [0, 0.1) is 0 Å². The standard InChI is InChI=1S/C22H30N6O/c1-25-10-12-26(13-11-25)20-2-4-21(5-3-20)27-14-16-28(17-15-27)22(29)24-18-19-6-8-23-9-7-19/h2-9H,10-18H2,1H3,(H,24,29). The van der Waals surface area contributed by atoms with Gasteiger partial charge in [0.1, 0.15) is 0 Å². The van der Waals surface area contributed by atoms with Crippen LogP contribution < -0.4 is 15.1 Å². The molecule has 2 aromatic rings. The molecule has 0 atom stereocenters. The maximum Gasteiger partial charge on any atom is 0.317 e. The third-order valence-electron chi connectivity index (χ3n) is 5.84. The van der Waals surface area contributed by atoms with Gasteiger partial charge in [0.05, 0.1) is 0 Å². The number of likely N-dealkylation sites (N-methyl/N-ethyl adjacent to an activating group) is 1. The highest BCUT2D eigenvalue weighted by Gasteiger charge is 2.21. The van der Waals surface area contributed by atoms with Crippen molar-refractivity contribution in [3.05, 3.63) is 54.4 Å². The van der Waals surface area contributed by atoms with E-state index in [1.165, 1.54) is 11.4 Å². The lowest BCUT2D eigenvalue weighted by Gasteiger charge is -2.37. The molecule has 0 radical (unpaired) electrons. The summed E-state index contributed by atoms with van der Waals surface area (Å²) in [6, 6.07) is 12.7. The van der Waals surface area contributed by atoms with Gasteiger partial charge in [-0.15, -0.1) is 0 Å². The molecule has 2 fully saturated rings. The van der Waals surface area contributed by atoms with Crippen LogP contribution in [0.25, 0.3) is 0 Å². The number of nitrogens with one attached hydrogen (secondary N) is 1. The first-order valence-corrected chi connectivity index (χ1v) is 10.4. The van der Waals surface area contributed by atoms with Crippen molar-refractivity contribution in [3.8, 4) is 0 Å². The normalized spacial score (nSPS) is 18.0. The van der Waals surface area contributed by atoms with Crippen LogP contribution in [0.1, 0.15) is 5.56 Å². The van der Waals surface area contributed by atoms with Gasteiger partial charge >= 0.3 is 6.03 Å². The van der Waals surface area contributed by atoms with Gasteiger partial charge in [-0.25, -0.2) is 4.79 Å². The van der Waals surface area contributed by atoms with E-state index in [2.05, 4.69) is 56.3 Å². The van der Waals surface area contributed by atoms with Gasteiger partial charge in [-0.1, -0.05) is 0 Å². The summed E-state index contributed by atoms with van der Waals surface area (Å²) in [4.78, 5) is 25.5. The van der Waals surface area contributed by atoms with E-state index >= 15 is 0 Å². The van der Waals surface area contributed by atoms with E-state index in [0.717, 1.165) is 57.9 Å². The van der Waals surface area contributed by atoms with E-state index in [9.17, 15) is 4.79 Å². The Labute approximate surface area is 172 Å². The smallest absolute Gasteiger partial charge is 0.317 e. The van der Waals surface area contributed by atoms with Gasteiger partial charge in [0.15, 0.2) is 0 Å². The Morgan fingerprint density at radius 2 is 1.34 bits per heavy atom. The minimum atomic E-state index is 0.00637. The van der Waals surface area contributed by atoms with Crippen LogP contribution in [0.15, 0.2) is 48.8 Å². The summed E-state index contributed by atoms with van der Waals surface area (Å²) in [5, 5.41) is 3.00. The summed E-state index contributed by atoms with van der Waals surface area (Å²) >= 11 is 0. The average molecular weight is 395 g/mol. The Hall–Kier alpha value is -2.80. The number of benzene rings is 1. The molecule has 2 aliphatic heterocycles. The zero-order valence-corrected chi connectivity index (χ0v) is 17.1. The van der Waals surface area contributed by atoms with E-state index < -0.39 is 0 Å². The van der Waals surface area contributed by atoms with Crippen LogP contribution in [0.5, 0.6) is 0 Å². The van der Waals surface area contributed by atoms with E-state index in [1.807, 2.05) is 17.0 Å². The van der Waals surface area contributed by atoms with E-state index in [4.69, 9.17) is 0 Å². The number of urea groups is 1. The lowest BCUT2D eigenvalue weighted by molar-refractivity contribution is 0.194. The molecule has 4 rings (SSSR count). The topological polar surface area (TPSA) is 55.0 Å². The third kappa shape index (κ3) is 4.98. The van der Waals surface area contributed by atoms with Crippen molar-refractivity contribution in [3.63, 3.8) is 0 Å². The van der Waals surface area contributed by atoms with Gasteiger partial charge in [0.25, 0.3) is 0 Å². The molecule has 0 aliphatic carbocycles. The summed E-state index contributed by atoms with van der Waals surface area (Å²) in [7, 11) is 2.18. The lowest BCUT2D eigenvalue weighted by Crippen LogP contribution is -2.51. The molecule has 2 amide bonds. The molecule has 3 heterocycles. The number of hydrogen-bond acceptors (Lipinski definition) is 5. The largest absolute Gasteiger partial charge is 0.369 e. The fourth-order valence-corrected chi connectivity index (χ4v) is 3.90. The number of anilines is 2. The molecule has 2 saturated heterocycles. The van der Waals surface area contributed by atoms with Crippen molar-refractivity contribution >= 4 is 17.4 Å². The molecule has 0 spiro atoms. The summed E-state index contributed by atoms with van der Waals surface area (Å²) < 4.78 is 0. The number of aromatic nitrogens is 1. The maximum atomic E-state index is 12.4. The summed E-state index contributed by atoms with van der Waals surface area (Å²) in [5.41, 5.74) is 3.60. The fourth-order valence-electron chi connectivity index (χ4n) is 3.90. The van der Waals surface area contributed by atoms with Gasteiger partial charge in [-0.3, -0.25) is 4.98 Å². The number of carbonyl (C=O) groups is 1. The number of amides is 2. The number of pyridine rings is 1. The number of piperazine rings is 2. The van der Waals surface area contributed by atoms with Gasteiger partial charge in [0.2, 0.25) is 0 Å². The van der Waals surface area contributed by atoms with Crippen LogP contribution >= 0.6 is 0 Å². The van der Waals surface area contributed by atoms with Gasteiger partial charge in [0, 0.05) is 82.7 Å². The predicted molar refractivity (Wildman–Crippen MR) is 116 cm³/mol. The monoisotopic (exact) mass is 394 g/mol. The van der Waals surface area contributed by atoms with Crippen LogP contribution in [0.2, 0.25) is 0 Å². The molecular formula is C22H30N6O. The molecule has 0 saturated carbocycles. The van der Waals surface area contributed by atoms with Crippen LogP contribution in [-0.4, -0.2) is 80.2 Å². The first-order chi connectivity index (χ1) is 14.2. The molecule has 1 aromatic heterocycles. The number of nitrogens with zero attached hydrogens (tertiary/aromatic N) is 5. The SMILES string of the molecule is CN1CCN(c2ccc(N3CCN(C(=O)NCc4ccncc4)CC3)cc2)CC1. The number of rotatable bonds is 4. The molecule has 7 heteroatoms. The number of carbonyl (C=O) groups excluding carboxylic acids is 1. The molecule has 154 valence electrons. The minimum Gasteiger partial charge on any atom is -0.369 e. The molecular weight excluding hydrogens is 364 g/mol. The summed E-state index contributed by atoms with van der Waals surface area (Å²) in [6.07, 6.45) is 3.49. The van der Waals surface area contributed by atoms with Crippen molar-refractivity contribution in [2.24, 2.45) is 0 Å². The second-order valence-corrected chi connectivity index (χ2v) is 7.79. The molecule has 1 aromatic carbocycles. The Morgan fingerprint density at radius 3 is 1.90 bits per heavy atom. The highest BCUT2D eigenvalue weighted by Crippen LogP contribution is 2.22. The maximum absolute atomic E-state index is 12.4. The highest BCUT2D eigenvalue weighted by atomic mass is 16.2. The average Bonchev–Trinajstić information content (AvgIpc) is 2.79. The van der Waals surface area contributed by atoms with Crippen molar-refractivity contribution in [1.82, 2.24) is 20.1 Å². The summed E-state index contributed by atoms with van der Waals surface area (Å²) in [6.45, 7) is 8.14. The molecule has 29 heavy (non-hydrogen) atoms. The molecule has 1 N–H and O–H groups in total. The van der Waals surface area contributed by atoms with Gasteiger partial charge in [-0.05, 0) is 49.0 Å². The second kappa shape index (κ2) is 9.13. The number of hydrogen-bond donors (Lipinski definition) is 1. The third-order valence-corrected chi connectivity index (χ3v) is 5.84. The molecule has 2 aliphatic rings. The zero-order chi connectivity index (χ0) is 20.1. The second-order valence-electron chi connectivity index (χ2n) is 7.79. The summed E-state index contributed by atoms with van der Waals surface area (Å²) in [5.74, 6) is 0. The Morgan fingerprint density at radius 1 is 0.828 bits per heavy atom. The van der Waals surface area contributed by atoms with Crippen LogP contribution in [0.4, 0.5) is 16.2 Å². The minimum absolute atomic E-state index is 0.00637. The van der Waals surface area contributed by atoms with E-state index in [1.54, 1.807) is 12.4 Å². The molecule has 0 bridgehead atoms. The fraction of sp³-hybridized carbons (Fsp3) is 0.455. The van der Waals surface area contributed by atoms with Gasteiger partial charge < -0.3 is 24.9 Å². The first kappa shape index (κ1) is 19.5. The van der Waals surface area contributed by atoms with Crippen LogP contribution in [0.3, 0.4) is 0 Å². The van der Waals surface area contributed by atoms with Crippen molar-refractivity contribution in [1.29, 1.82) is 0 Å². The first-order valence-electron chi connectivity index (χ1n) is 10.4. The van der Waals surface area contributed by atoms with Gasteiger partial charge in [-0.2, -0.15) is 0 Å². The molecule has 7 nitrogen and oxygen atoms in total. The van der Waals surface area contributed by atoms with Crippen LogP contribution in [-0.2, 0) is 6.54 Å². The Bertz CT molecular complexity index is 781.